The lowest BCUT2D eigenvalue weighted by Gasteiger charge is -1.97. The normalized spacial score (nSPS) is 13.4. The van der Waals surface area contributed by atoms with Gasteiger partial charge in [-0.15, -0.1) is 0 Å². The lowest BCUT2D eigenvalue weighted by molar-refractivity contribution is 0.0988. The van der Waals surface area contributed by atoms with Crippen molar-refractivity contribution in [2.75, 3.05) is 0 Å². The van der Waals surface area contributed by atoms with Crippen LogP contribution in [0.1, 0.15) is 26.6 Å². The van der Waals surface area contributed by atoms with E-state index in [1.165, 1.54) is 11.3 Å². The van der Waals surface area contributed by atoms with Crippen molar-refractivity contribution in [1.82, 2.24) is 9.97 Å². The summed E-state index contributed by atoms with van der Waals surface area (Å²) in [5.41, 5.74) is -0.356. The van der Waals surface area contributed by atoms with Crippen LogP contribution in [0, 0.1) is 11.6 Å². The Labute approximate surface area is 160 Å². The Morgan fingerprint density at radius 2 is 1.54 bits per heavy atom. The predicted octanol–water partition coefficient (Wildman–Crippen LogP) is 4.69. The number of ketones is 2. The summed E-state index contributed by atoms with van der Waals surface area (Å²) >= 11 is 1.29. The number of benzene rings is 2. The fourth-order valence-electron chi connectivity index (χ4n) is 3.05. The topological polar surface area (TPSA) is 73.1 Å². The molecule has 1 aliphatic carbocycles. The minimum atomic E-state index is -0.944. The predicted molar refractivity (Wildman–Crippen MR) is 98.1 cm³/mol. The standard InChI is InChI=1S/C20H8F2N2O3S/c21-11-6-7-12(22)15-14(11)16(25)10(17(15)26)8-13-23-20-18(27-13)24-19(28-20)9-4-2-1-3-5-9/h1-8H. The summed E-state index contributed by atoms with van der Waals surface area (Å²) in [5.74, 6) is -3.70. The highest BCUT2D eigenvalue weighted by Crippen LogP contribution is 2.34. The van der Waals surface area contributed by atoms with Gasteiger partial charge < -0.3 is 4.42 Å². The Morgan fingerprint density at radius 3 is 2.14 bits per heavy atom. The smallest absolute Gasteiger partial charge is 0.259 e. The van der Waals surface area contributed by atoms with E-state index in [4.69, 9.17) is 4.42 Å². The Morgan fingerprint density at radius 1 is 0.893 bits per heavy atom. The number of rotatable bonds is 2. The van der Waals surface area contributed by atoms with E-state index in [0.29, 0.717) is 9.84 Å². The maximum absolute atomic E-state index is 13.9. The van der Waals surface area contributed by atoms with Gasteiger partial charge in [-0.2, -0.15) is 9.97 Å². The number of hydrogen-bond acceptors (Lipinski definition) is 6. The molecule has 8 heteroatoms. The summed E-state index contributed by atoms with van der Waals surface area (Å²) in [5, 5.41) is 0.714. The lowest BCUT2D eigenvalue weighted by Crippen LogP contribution is -2.01. The number of hydrogen-bond donors (Lipinski definition) is 0. The van der Waals surface area contributed by atoms with Gasteiger partial charge in [0, 0.05) is 11.6 Å². The van der Waals surface area contributed by atoms with E-state index in [9.17, 15) is 18.4 Å². The maximum Gasteiger partial charge on any atom is 0.259 e. The van der Waals surface area contributed by atoms with Crippen LogP contribution in [0.5, 0.6) is 0 Å². The monoisotopic (exact) mass is 394 g/mol. The zero-order valence-corrected chi connectivity index (χ0v) is 14.7. The molecule has 0 N–H and O–H groups in total. The van der Waals surface area contributed by atoms with Gasteiger partial charge in [0.05, 0.1) is 16.7 Å². The van der Waals surface area contributed by atoms with Gasteiger partial charge in [-0.3, -0.25) is 9.59 Å². The number of fused-ring (bicyclic) bond motifs is 2. The molecular formula is C20H8F2N2O3S. The summed E-state index contributed by atoms with van der Waals surface area (Å²) < 4.78 is 33.3. The Bertz CT molecular complexity index is 1250. The van der Waals surface area contributed by atoms with Crippen LogP contribution in [0.25, 0.3) is 27.2 Å². The van der Waals surface area contributed by atoms with Crippen molar-refractivity contribution in [3.8, 4) is 10.6 Å². The first-order chi connectivity index (χ1) is 13.5. The van der Waals surface area contributed by atoms with Gasteiger partial charge in [-0.05, 0) is 12.1 Å². The number of aromatic nitrogens is 2. The van der Waals surface area contributed by atoms with Crippen molar-refractivity contribution in [2.24, 2.45) is 0 Å². The van der Waals surface area contributed by atoms with E-state index in [1.54, 1.807) is 0 Å². The summed E-state index contributed by atoms with van der Waals surface area (Å²) in [6.45, 7) is 0. The molecule has 2 heterocycles. The highest BCUT2D eigenvalue weighted by molar-refractivity contribution is 7.21. The number of Topliss-reactive ketones (excluding diaryl/α,β-unsaturated/α-hetero) is 2. The molecule has 0 spiro atoms. The van der Waals surface area contributed by atoms with Crippen LogP contribution < -0.4 is 0 Å². The third-order valence-corrected chi connectivity index (χ3v) is 5.31. The summed E-state index contributed by atoms with van der Waals surface area (Å²) in [6, 6.07) is 11.1. The molecule has 0 saturated carbocycles. The highest BCUT2D eigenvalue weighted by atomic mass is 32.1. The van der Waals surface area contributed by atoms with Crippen molar-refractivity contribution in [3.63, 3.8) is 0 Å². The minimum Gasteiger partial charge on any atom is -0.417 e. The van der Waals surface area contributed by atoms with E-state index in [0.717, 1.165) is 23.8 Å². The van der Waals surface area contributed by atoms with E-state index in [2.05, 4.69) is 9.97 Å². The van der Waals surface area contributed by atoms with Crippen LogP contribution in [0.2, 0.25) is 0 Å². The van der Waals surface area contributed by atoms with Crippen LogP contribution in [-0.4, -0.2) is 21.5 Å². The number of oxazole rings is 1. The van der Waals surface area contributed by atoms with Crippen LogP contribution in [-0.2, 0) is 0 Å². The fourth-order valence-corrected chi connectivity index (χ4v) is 3.92. The number of halogens is 2. The molecule has 5 rings (SSSR count). The number of nitrogens with zero attached hydrogens (tertiary/aromatic N) is 2. The van der Waals surface area contributed by atoms with Crippen molar-refractivity contribution in [2.45, 2.75) is 0 Å². The zero-order chi connectivity index (χ0) is 19.4. The molecule has 0 fully saturated rings. The van der Waals surface area contributed by atoms with Crippen molar-refractivity contribution in [3.05, 3.63) is 76.7 Å². The fraction of sp³-hybridized carbons (Fsp3) is 0. The molecule has 0 saturated heterocycles. The van der Waals surface area contributed by atoms with Gasteiger partial charge in [0.25, 0.3) is 5.71 Å². The first-order valence-corrected chi connectivity index (χ1v) is 8.96. The molecule has 2 aromatic heterocycles. The second kappa shape index (κ2) is 6.00. The molecule has 0 atom stereocenters. The summed E-state index contributed by atoms with van der Waals surface area (Å²) in [6.07, 6.45) is 1.10. The molecule has 0 bridgehead atoms. The second-order valence-corrected chi connectivity index (χ2v) is 7.02. The van der Waals surface area contributed by atoms with Gasteiger partial charge in [-0.1, -0.05) is 41.7 Å². The van der Waals surface area contributed by atoms with Gasteiger partial charge in [0.1, 0.15) is 16.6 Å². The highest BCUT2D eigenvalue weighted by Gasteiger charge is 2.38. The van der Waals surface area contributed by atoms with E-state index < -0.39 is 39.9 Å². The molecule has 4 aromatic rings. The molecule has 0 unspecified atom stereocenters. The first kappa shape index (κ1) is 16.6. The van der Waals surface area contributed by atoms with Gasteiger partial charge in [0.15, 0.2) is 4.83 Å². The molecule has 2 aromatic carbocycles. The van der Waals surface area contributed by atoms with E-state index in [1.807, 2.05) is 30.3 Å². The lowest BCUT2D eigenvalue weighted by atomic mass is 10.1. The molecule has 0 aliphatic heterocycles. The number of carbonyl (C=O) groups is 2. The van der Waals surface area contributed by atoms with Crippen LogP contribution >= 0.6 is 11.3 Å². The second-order valence-electron chi connectivity index (χ2n) is 6.04. The molecule has 0 amide bonds. The SMILES string of the molecule is O=C1C(=Cc2nc3sc(-c4ccccc4)nc3o2)C(=O)c2c(F)ccc(F)c21. The number of carbonyl (C=O) groups excluding carboxylic acids is 2. The third-order valence-electron chi connectivity index (χ3n) is 4.33. The van der Waals surface area contributed by atoms with Gasteiger partial charge in [0.2, 0.25) is 17.5 Å². The molecule has 5 nitrogen and oxygen atoms in total. The largest absolute Gasteiger partial charge is 0.417 e. The van der Waals surface area contributed by atoms with E-state index in [-0.39, 0.29) is 11.6 Å². The van der Waals surface area contributed by atoms with Crippen molar-refractivity contribution >= 4 is 39.5 Å². The number of allylic oxidation sites excluding steroid dienone is 1. The van der Waals surface area contributed by atoms with Gasteiger partial charge in [-0.25, -0.2) is 8.78 Å². The molecular weight excluding hydrogens is 386 g/mol. The average Bonchev–Trinajstić information content (AvgIpc) is 3.32. The summed E-state index contributed by atoms with van der Waals surface area (Å²) in [4.78, 5) is 33.9. The van der Waals surface area contributed by atoms with E-state index >= 15 is 0 Å². The third kappa shape index (κ3) is 2.42. The van der Waals surface area contributed by atoms with Crippen LogP contribution in [0.15, 0.2) is 52.5 Å². The van der Waals surface area contributed by atoms with Crippen LogP contribution in [0.4, 0.5) is 8.78 Å². The quantitative estimate of drug-likeness (QED) is 0.364. The maximum atomic E-state index is 13.9. The minimum absolute atomic E-state index is 0.0290. The molecule has 136 valence electrons. The Hall–Kier alpha value is -3.52. The van der Waals surface area contributed by atoms with Crippen LogP contribution in [0.3, 0.4) is 0 Å². The number of thiazole rings is 1. The van der Waals surface area contributed by atoms with Gasteiger partial charge >= 0.3 is 0 Å². The van der Waals surface area contributed by atoms with Crippen molar-refractivity contribution < 1.29 is 22.8 Å². The Balaban J connectivity index is 1.55. The first-order valence-electron chi connectivity index (χ1n) is 8.15. The zero-order valence-electron chi connectivity index (χ0n) is 13.9. The van der Waals surface area contributed by atoms with Crippen molar-refractivity contribution in [1.29, 1.82) is 0 Å². The summed E-state index contributed by atoms with van der Waals surface area (Å²) in [7, 11) is 0. The molecule has 0 radical (unpaired) electrons. The average molecular weight is 394 g/mol. The molecule has 1 aliphatic rings. The molecule has 28 heavy (non-hydrogen) atoms. The Kier molecular flexibility index (Phi) is 3.56.